The maximum Gasteiger partial charge on any atom is 0.372 e. The molecule has 2 aromatic heterocycles. The van der Waals surface area contributed by atoms with Gasteiger partial charge in [0.1, 0.15) is 12.0 Å². The second-order valence-electron chi connectivity index (χ2n) is 4.51. The van der Waals surface area contributed by atoms with Gasteiger partial charge < -0.3 is 20.5 Å². The minimum Gasteiger partial charge on any atom is -0.386 e. The summed E-state index contributed by atoms with van der Waals surface area (Å²) in [5.41, 5.74) is 0.124. The van der Waals surface area contributed by atoms with E-state index in [4.69, 9.17) is 0 Å². The lowest BCUT2D eigenvalue weighted by atomic mass is 10.1. The molecule has 1 aromatic carbocycles. The third kappa shape index (κ3) is 2.51. The fourth-order valence-electron chi connectivity index (χ4n) is 2.12. The summed E-state index contributed by atoms with van der Waals surface area (Å²) in [7, 11) is 0. The highest BCUT2D eigenvalue weighted by molar-refractivity contribution is 7.15. The van der Waals surface area contributed by atoms with E-state index in [0.29, 0.717) is 4.96 Å². The molecular weight excluding hydrogens is 311 g/mol. The molecule has 0 aliphatic rings. The number of hydrogen-bond acceptors (Lipinski definition) is 6. The number of nitrogens with zero attached hydrogens (tertiary/aromatic N) is 3. The molecule has 9 heteroatoms. The van der Waals surface area contributed by atoms with Crippen LogP contribution >= 0.6 is 11.3 Å². The first kappa shape index (κ1) is 14.4. The van der Waals surface area contributed by atoms with Crippen LogP contribution in [-0.2, 0) is 0 Å². The number of nitro groups is 1. The second kappa shape index (κ2) is 5.70. The molecule has 22 heavy (non-hydrogen) atoms. The molecule has 2 N–H and O–H groups in total. The number of thiazole rings is 1. The van der Waals surface area contributed by atoms with Gasteiger partial charge in [0.05, 0.1) is 6.10 Å². The number of nitrogens with one attached hydrogen (secondary N) is 1. The highest BCUT2D eigenvalue weighted by atomic mass is 32.1. The predicted molar refractivity (Wildman–Crippen MR) is 79.6 cm³/mol. The number of anilines is 1. The molecule has 0 aliphatic carbocycles. The number of aliphatic hydroxyl groups is 1. The minimum atomic E-state index is -1.14. The first-order chi connectivity index (χ1) is 10.6. The lowest BCUT2D eigenvalue weighted by Crippen LogP contribution is -2.14. The van der Waals surface area contributed by atoms with Crippen molar-refractivity contribution in [1.29, 1.82) is 0 Å². The van der Waals surface area contributed by atoms with E-state index in [0.717, 1.165) is 0 Å². The van der Waals surface area contributed by atoms with E-state index in [2.05, 4.69) is 10.3 Å². The molecule has 2 heterocycles. The van der Waals surface area contributed by atoms with E-state index < -0.39 is 16.8 Å². The molecule has 0 fully saturated rings. The molecule has 0 bridgehead atoms. The first-order valence-electron chi connectivity index (χ1n) is 6.34. The average molecular weight is 322 g/mol. The monoisotopic (exact) mass is 322 g/mol. The minimum absolute atomic E-state index is 0.0484. The van der Waals surface area contributed by atoms with Gasteiger partial charge in [0.25, 0.3) is 4.96 Å². The maximum atomic E-state index is 13.6. The summed E-state index contributed by atoms with van der Waals surface area (Å²) in [6.07, 6.45) is 0.407. The Balaban J connectivity index is 1.82. The van der Waals surface area contributed by atoms with Crippen LogP contribution in [0.2, 0.25) is 0 Å². The van der Waals surface area contributed by atoms with E-state index in [1.54, 1.807) is 17.6 Å². The van der Waals surface area contributed by atoms with E-state index >= 15 is 0 Å². The van der Waals surface area contributed by atoms with Crippen molar-refractivity contribution >= 4 is 27.9 Å². The Morgan fingerprint density at radius 1 is 1.50 bits per heavy atom. The molecule has 0 aliphatic heterocycles. The Hall–Kier alpha value is -2.52. The number of rotatable bonds is 5. The normalized spacial score (nSPS) is 12.5. The lowest BCUT2D eigenvalue weighted by Gasteiger charge is -2.12. The topological polar surface area (TPSA) is 92.7 Å². The lowest BCUT2D eigenvalue weighted by molar-refractivity contribution is -0.389. The van der Waals surface area contributed by atoms with Crippen LogP contribution in [0.1, 0.15) is 11.7 Å². The van der Waals surface area contributed by atoms with Crippen LogP contribution in [0.15, 0.2) is 35.8 Å². The molecule has 0 radical (unpaired) electrons. The van der Waals surface area contributed by atoms with Crippen LogP contribution in [0, 0.1) is 15.9 Å². The molecule has 114 valence electrons. The SMILES string of the molecule is O=[N+]([O-])c1c(NCC(O)c2ccccc2F)nc2sccn12. The average Bonchev–Trinajstić information content (AvgIpc) is 3.04. The molecule has 0 saturated heterocycles. The number of imidazole rings is 1. The summed E-state index contributed by atoms with van der Waals surface area (Å²) in [6.45, 7) is -0.0907. The Morgan fingerprint density at radius 3 is 3.00 bits per heavy atom. The number of halogens is 1. The van der Waals surface area contributed by atoms with Gasteiger partial charge >= 0.3 is 5.82 Å². The third-order valence-electron chi connectivity index (χ3n) is 3.14. The van der Waals surface area contributed by atoms with Gasteiger partial charge in [0.2, 0.25) is 5.82 Å². The van der Waals surface area contributed by atoms with Crippen LogP contribution in [0.3, 0.4) is 0 Å². The van der Waals surface area contributed by atoms with Crippen molar-refractivity contribution in [1.82, 2.24) is 9.38 Å². The summed E-state index contributed by atoms with van der Waals surface area (Å²) in [5, 5.41) is 25.6. The fraction of sp³-hybridized carbons (Fsp3) is 0.154. The van der Waals surface area contributed by atoms with Crippen molar-refractivity contribution < 1.29 is 14.4 Å². The zero-order chi connectivity index (χ0) is 15.7. The zero-order valence-corrected chi connectivity index (χ0v) is 12.0. The van der Waals surface area contributed by atoms with Crippen molar-refractivity contribution in [3.63, 3.8) is 0 Å². The van der Waals surface area contributed by atoms with Crippen LogP contribution in [0.25, 0.3) is 4.96 Å². The van der Waals surface area contributed by atoms with Gasteiger partial charge in [-0.2, -0.15) is 9.38 Å². The first-order valence-corrected chi connectivity index (χ1v) is 7.22. The van der Waals surface area contributed by atoms with Gasteiger partial charge in [-0.25, -0.2) is 4.39 Å². The zero-order valence-electron chi connectivity index (χ0n) is 11.1. The number of hydrogen-bond donors (Lipinski definition) is 2. The smallest absolute Gasteiger partial charge is 0.372 e. The van der Waals surface area contributed by atoms with Crippen LogP contribution < -0.4 is 5.32 Å². The maximum absolute atomic E-state index is 13.6. The van der Waals surface area contributed by atoms with Gasteiger partial charge in [0.15, 0.2) is 0 Å². The fourth-order valence-corrected chi connectivity index (χ4v) is 2.82. The van der Waals surface area contributed by atoms with Crippen LogP contribution in [0.5, 0.6) is 0 Å². The number of aromatic nitrogens is 2. The molecule has 0 saturated carbocycles. The predicted octanol–water partition coefficient (Wildman–Crippen LogP) is 2.59. The van der Waals surface area contributed by atoms with Gasteiger partial charge in [-0.15, -0.1) is 0 Å². The Kier molecular flexibility index (Phi) is 3.73. The van der Waals surface area contributed by atoms with Gasteiger partial charge in [-0.3, -0.25) is 0 Å². The highest BCUT2D eigenvalue weighted by Crippen LogP contribution is 2.28. The molecule has 7 nitrogen and oxygen atoms in total. The van der Waals surface area contributed by atoms with Crippen molar-refractivity contribution in [3.05, 3.63) is 57.3 Å². The van der Waals surface area contributed by atoms with Crippen molar-refractivity contribution in [3.8, 4) is 0 Å². The molecule has 0 amide bonds. The Labute approximate surface area is 127 Å². The van der Waals surface area contributed by atoms with Gasteiger partial charge in [-0.05, 0) is 11.0 Å². The summed E-state index contributed by atoms with van der Waals surface area (Å²) >= 11 is 1.26. The number of fused-ring (bicyclic) bond motifs is 1. The Bertz CT molecular complexity index is 832. The van der Waals surface area contributed by atoms with Crippen LogP contribution in [0.4, 0.5) is 16.0 Å². The second-order valence-corrected chi connectivity index (χ2v) is 5.39. The summed E-state index contributed by atoms with van der Waals surface area (Å²) < 4.78 is 14.9. The summed E-state index contributed by atoms with van der Waals surface area (Å²) in [6, 6.07) is 5.83. The van der Waals surface area contributed by atoms with E-state index in [9.17, 15) is 19.6 Å². The quantitative estimate of drug-likeness (QED) is 0.556. The van der Waals surface area contributed by atoms with Crippen molar-refractivity contribution in [2.45, 2.75) is 6.10 Å². The van der Waals surface area contributed by atoms with E-state index in [1.165, 1.54) is 33.9 Å². The Morgan fingerprint density at radius 2 is 2.27 bits per heavy atom. The highest BCUT2D eigenvalue weighted by Gasteiger charge is 2.24. The standard InChI is InChI=1S/C13H11FN4O3S/c14-9-4-2-1-3-8(9)10(19)7-15-11-12(18(20)21)17-5-6-22-13(17)16-11/h1-6,10,15,19H,7H2. The van der Waals surface area contributed by atoms with Gasteiger partial charge in [-0.1, -0.05) is 29.5 Å². The van der Waals surface area contributed by atoms with Crippen LogP contribution in [-0.4, -0.2) is 26.0 Å². The molecule has 1 unspecified atom stereocenters. The van der Waals surface area contributed by atoms with Crippen molar-refractivity contribution in [2.75, 3.05) is 11.9 Å². The molecule has 0 spiro atoms. The van der Waals surface area contributed by atoms with Crippen molar-refractivity contribution in [2.24, 2.45) is 0 Å². The molecule has 3 aromatic rings. The molecular formula is C13H11FN4O3S. The van der Waals surface area contributed by atoms with E-state index in [1.807, 2.05) is 0 Å². The number of aliphatic hydroxyl groups excluding tert-OH is 1. The van der Waals surface area contributed by atoms with Gasteiger partial charge in [0, 0.05) is 17.5 Å². The summed E-state index contributed by atoms with van der Waals surface area (Å²) in [5.74, 6) is -0.693. The summed E-state index contributed by atoms with van der Waals surface area (Å²) in [4.78, 5) is 15.2. The largest absolute Gasteiger partial charge is 0.386 e. The number of benzene rings is 1. The third-order valence-corrected chi connectivity index (χ3v) is 3.89. The van der Waals surface area contributed by atoms with E-state index in [-0.39, 0.29) is 23.7 Å². The molecule has 1 atom stereocenters. The molecule has 3 rings (SSSR count).